The molecule has 1 aromatic heterocycles. The van der Waals surface area contributed by atoms with Crippen molar-refractivity contribution in [3.05, 3.63) is 55.7 Å². The number of aryl methyl sites for hydroxylation is 1. The summed E-state index contributed by atoms with van der Waals surface area (Å²) >= 11 is 5.23. The summed E-state index contributed by atoms with van der Waals surface area (Å²) in [7, 11) is 0. The molecule has 1 aliphatic rings. The van der Waals surface area contributed by atoms with E-state index in [-0.39, 0.29) is 12.0 Å². The predicted octanol–water partition coefficient (Wildman–Crippen LogP) is 5.37. The molecule has 0 N–H and O–H groups in total. The molecule has 162 valence electrons. The number of hydrogen-bond donors (Lipinski definition) is 0. The van der Waals surface area contributed by atoms with E-state index in [0.29, 0.717) is 0 Å². The molecule has 7 heteroatoms. The summed E-state index contributed by atoms with van der Waals surface area (Å²) in [5.74, 6) is -0.934. The number of carbonyl (C=O) groups excluding carboxylic acids is 2. The maximum atomic E-state index is 11.9. The first-order valence-corrected chi connectivity index (χ1v) is 11.6. The molecule has 0 amide bonds. The topological polar surface area (TPSA) is 61.8 Å². The van der Waals surface area contributed by atoms with Crippen LogP contribution < -0.4 is 0 Å². The molecule has 0 bridgehead atoms. The van der Waals surface area contributed by atoms with E-state index in [0.717, 1.165) is 15.8 Å². The molecule has 1 fully saturated rings. The van der Waals surface area contributed by atoms with Crippen LogP contribution in [-0.2, 0) is 30.2 Å². The smallest absolute Gasteiger partial charge is 0.303 e. The molecule has 5 nitrogen and oxygen atoms in total. The largest absolute Gasteiger partial charge is 0.458 e. The van der Waals surface area contributed by atoms with Gasteiger partial charge in [0.1, 0.15) is 12.2 Å². The average Bonchev–Trinajstić information content (AvgIpc) is 3.07. The van der Waals surface area contributed by atoms with Gasteiger partial charge in [0.2, 0.25) is 0 Å². The van der Waals surface area contributed by atoms with Crippen molar-refractivity contribution in [2.24, 2.45) is 5.92 Å². The average molecular weight is 495 g/mol. The predicted molar refractivity (Wildman–Crippen MR) is 120 cm³/mol. The van der Waals surface area contributed by atoms with E-state index in [4.69, 9.17) is 14.2 Å². The molecule has 1 saturated heterocycles. The van der Waals surface area contributed by atoms with Crippen molar-refractivity contribution in [1.82, 2.24) is 0 Å². The third kappa shape index (κ3) is 5.31. The molecule has 30 heavy (non-hydrogen) atoms. The number of ether oxygens (including phenoxy) is 3. The molecular formula is C23H27BrO5S. The van der Waals surface area contributed by atoms with E-state index >= 15 is 0 Å². The second-order valence-corrected chi connectivity index (χ2v) is 10.4. The minimum Gasteiger partial charge on any atom is -0.458 e. The quantitative estimate of drug-likeness (QED) is 0.522. The summed E-state index contributed by atoms with van der Waals surface area (Å²) in [4.78, 5) is 24.8. The minimum absolute atomic E-state index is 0.108. The number of halogens is 1. The van der Waals surface area contributed by atoms with E-state index in [2.05, 4.69) is 41.1 Å². The Hall–Kier alpha value is -1.70. The van der Waals surface area contributed by atoms with Crippen molar-refractivity contribution < 1.29 is 23.8 Å². The minimum atomic E-state index is -0.705. The molecule has 1 aromatic carbocycles. The van der Waals surface area contributed by atoms with Crippen LogP contribution in [0.3, 0.4) is 0 Å². The summed E-state index contributed by atoms with van der Waals surface area (Å²) < 4.78 is 18.6. The van der Waals surface area contributed by atoms with Crippen LogP contribution in [0.2, 0.25) is 0 Å². The highest BCUT2D eigenvalue weighted by Gasteiger charge is 2.47. The Kier molecular flexibility index (Phi) is 7.37. The lowest BCUT2D eigenvalue weighted by Crippen LogP contribution is -2.52. The first kappa shape index (κ1) is 23.0. The molecule has 5 atom stereocenters. The van der Waals surface area contributed by atoms with Gasteiger partial charge in [-0.2, -0.15) is 0 Å². The third-order valence-electron chi connectivity index (χ3n) is 5.54. The van der Waals surface area contributed by atoms with Gasteiger partial charge in [-0.1, -0.05) is 25.1 Å². The van der Waals surface area contributed by atoms with Gasteiger partial charge in [-0.15, -0.1) is 11.3 Å². The highest BCUT2D eigenvalue weighted by molar-refractivity contribution is 9.11. The van der Waals surface area contributed by atoms with Crippen molar-refractivity contribution in [3.8, 4) is 0 Å². The van der Waals surface area contributed by atoms with Gasteiger partial charge in [0.05, 0.1) is 9.89 Å². The Morgan fingerprint density at radius 1 is 1.07 bits per heavy atom. The second-order valence-electron chi connectivity index (χ2n) is 7.84. The molecule has 1 unspecified atom stereocenters. The van der Waals surface area contributed by atoms with Crippen molar-refractivity contribution in [1.29, 1.82) is 0 Å². The van der Waals surface area contributed by atoms with E-state index in [1.807, 2.05) is 26.0 Å². The van der Waals surface area contributed by atoms with Crippen molar-refractivity contribution in [2.75, 3.05) is 0 Å². The van der Waals surface area contributed by atoms with E-state index in [9.17, 15) is 9.59 Å². The van der Waals surface area contributed by atoms with Crippen LogP contribution in [0.4, 0.5) is 0 Å². The summed E-state index contributed by atoms with van der Waals surface area (Å²) in [5, 5.41) is 0. The fraction of sp³-hybridized carbons (Fsp3) is 0.478. The third-order valence-corrected chi connectivity index (χ3v) is 7.17. The Balaban J connectivity index is 1.96. The van der Waals surface area contributed by atoms with Crippen molar-refractivity contribution in [2.45, 2.75) is 65.5 Å². The highest BCUT2D eigenvalue weighted by Crippen LogP contribution is 2.39. The summed E-state index contributed by atoms with van der Waals surface area (Å²) in [6, 6.07) is 10.3. The highest BCUT2D eigenvalue weighted by atomic mass is 79.9. The van der Waals surface area contributed by atoms with Crippen LogP contribution in [-0.4, -0.2) is 30.3 Å². The maximum Gasteiger partial charge on any atom is 0.303 e. The zero-order chi connectivity index (χ0) is 22.0. The lowest BCUT2D eigenvalue weighted by Gasteiger charge is -2.43. The fourth-order valence-corrected chi connectivity index (χ4v) is 5.33. The fourth-order valence-electron chi connectivity index (χ4n) is 3.82. The van der Waals surface area contributed by atoms with Gasteiger partial charge in [-0.25, -0.2) is 0 Å². The van der Waals surface area contributed by atoms with Crippen molar-refractivity contribution in [3.63, 3.8) is 0 Å². The Morgan fingerprint density at radius 3 is 2.33 bits per heavy atom. The summed E-state index contributed by atoms with van der Waals surface area (Å²) in [6.07, 6.45) is -1.15. The van der Waals surface area contributed by atoms with Gasteiger partial charge in [-0.05, 0) is 58.6 Å². The lowest BCUT2D eigenvalue weighted by molar-refractivity contribution is -0.222. The second kappa shape index (κ2) is 9.62. The molecule has 0 saturated carbocycles. The number of esters is 2. The standard InChI is InChI=1S/C23H27BrO5S/c1-12-6-7-17(10-18(12)11-19-8-9-20(24)30-19)22-23(29-16(5)26)21(28-15(4)25)13(2)14(3)27-22/h6-10,13-14,21-23H,11H2,1-5H3/t13-,14-,21+,22?,23-/m1/s1. The van der Waals surface area contributed by atoms with Crippen molar-refractivity contribution >= 4 is 39.2 Å². The monoisotopic (exact) mass is 494 g/mol. The Morgan fingerprint density at radius 2 is 1.73 bits per heavy atom. The molecule has 2 aromatic rings. The van der Waals surface area contributed by atoms with Gasteiger partial charge in [-0.3, -0.25) is 9.59 Å². The Labute approximate surface area is 189 Å². The molecule has 0 aliphatic carbocycles. The van der Waals surface area contributed by atoms with Crippen LogP contribution in [0.1, 0.15) is 55.4 Å². The molecule has 2 heterocycles. The normalized spacial score (nSPS) is 26.3. The van der Waals surface area contributed by atoms with Crippen LogP contribution in [0.5, 0.6) is 0 Å². The van der Waals surface area contributed by atoms with Crippen LogP contribution >= 0.6 is 27.3 Å². The van der Waals surface area contributed by atoms with Gasteiger partial charge in [0.15, 0.2) is 6.10 Å². The van der Waals surface area contributed by atoms with Crippen LogP contribution in [0, 0.1) is 12.8 Å². The zero-order valence-corrected chi connectivity index (χ0v) is 20.2. The molecule has 0 spiro atoms. The number of carbonyl (C=O) groups is 2. The van der Waals surface area contributed by atoms with E-state index in [1.165, 1.54) is 29.9 Å². The van der Waals surface area contributed by atoms with Gasteiger partial charge in [0, 0.05) is 31.1 Å². The zero-order valence-electron chi connectivity index (χ0n) is 17.8. The number of benzene rings is 1. The molecular weight excluding hydrogens is 468 g/mol. The number of hydrogen-bond acceptors (Lipinski definition) is 6. The SMILES string of the molecule is CC(=O)O[C@H]1[C@H](C)[C@@H](C)OC(c2ccc(C)c(Cc3ccc(Br)s3)c2)[C@@H]1OC(C)=O. The van der Waals surface area contributed by atoms with Gasteiger partial charge in [0.25, 0.3) is 0 Å². The van der Waals surface area contributed by atoms with E-state index < -0.39 is 30.3 Å². The van der Waals surface area contributed by atoms with E-state index in [1.54, 1.807) is 11.3 Å². The first-order chi connectivity index (χ1) is 14.2. The van der Waals surface area contributed by atoms with Crippen LogP contribution in [0.15, 0.2) is 34.1 Å². The summed E-state index contributed by atoms with van der Waals surface area (Å²) in [5.41, 5.74) is 3.27. The maximum absolute atomic E-state index is 11.9. The lowest BCUT2D eigenvalue weighted by atomic mass is 9.85. The Bertz CT molecular complexity index is 924. The number of thiophene rings is 1. The molecule has 0 radical (unpaired) electrons. The van der Waals surface area contributed by atoms with Gasteiger partial charge < -0.3 is 14.2 Å². The van der Waals surface area contributed by atoms with Crippen LogP contribution in [0.25, 0.3) is 0 Å². The number of rotatable bonds is 5. The molecule has 1 aliphatic heterocycles. The first-order valence-electron chi connectivity index (χ1n) is 9.99. The molecule has 3 rings (SSSR count). The van der Waals surface area contributed by atoms with Gasteiger partial charge >= 0.3 is 11.9 Å². The summed E-state index contributed by atoms with van der Waals surface area (Å²) in [6.45, 7) is 8.71.